The summed E-state index contributed by atoms with van der Waals surface area (Å²) in [4.78, 5) is 23.6. The lowest BCUT2D eigenvalue weighted by Gasteiger charge is -2.37. The lowest BCUT2D eigenvalue weighted by Crippen LogP contribution is -2.47. The smallest absolute Gasteiger partial charge is 0.453 e. The van der Waals surface area contributed by atoms with Gasteiger partial charge in [0.25, 0.3) is 0 Å². The van der Waals surface area contributed by atoms with Crippen LogP contribution in [0.4, 0.5) is 18.0 Å². The van der Waals surface area contributed by atoms with E-state index in [-0.39, 0.29) is 32.2 Å². The summed E-state index contributed by atoms with van der Waals surface area (Å²) in [6, 6.07) is 6.86. The van der Waals surface area contributed by atoms with E-state index in [4.69, 9.17) is 16.3 Å². The van der Waals surface area contributed by atoms with Crippen LogP contribution < -0.4 is 5.32 Å². The number of ether oxygens (including phenoxy) is 2. The Kier molecular flexibility index (Phi) is 7.94. The number of halogens is 4. The van der Waals surface area contributed by atoms with Crippen LogP contribution in [0.5, 0.6) is 0 Å². The summed E-state index contributed by atoms with van der Waals surface area (Å²) in [6.45, 7) is 0.276. The molecule has 0 unspecified atom stereocenters. The van der Waals surface area contributed by atoms with Crippen LogP contribution in [0.1, 0.15) is 24.5 Å². The quantitative estimate of drug-likeness (QED) is 0.712. The summed E-state index contributed by atoms with van der Waals surface area (Å²) in [5.74, 6) is -2.17. The van der Waals surface area contributed by atoms with Crippen molar-refractivity contribution in [3.63, 3.8) is 0 Å². The Morgan fingerprint density at radius 2 is 2.14 bits per heavy atom. The molecule has 1 aromatic rings. The molecule has 2 amide bonds. The maximum atomic E-state index is 12.8. The first-order valence-corrected chi connectivity index (χ1v) is 9.15. The average molecular weight is 423 g/mol. The van der Waals surface area contributed by atoms with Gasteiger partial charge in [0.05, 0.1) is 19.8 Å². The van der Waals surface area contributed by atoms with Gasteiger partial charge in [-0.05, 0) is 30.5 Å². The molecular weight excluding hydrogens is 401 g/mol. The largest absolute Gasteiger partial charge is 0.471 e. The number of amides is 2. The molecular formula is C18H22ClF3N2O4. The lowest BCUT2D eigenvalue weighted by molar-refractivity contribution is -0.188. The van der Waals surface area contributed by atoms with Crippen molar-refractivity contribution in [1.29, 1.82) is 0 Å². The molecule has 0 saturated carbocycles. The number of rotatable bonds is 6. The van der Waals surface area contributed by atoms with Gasteiger partial charge in [0.15, 0.2) is 0 Å². The van der Waals surface area contributed by atoms with E-state index in [0.29, 0.717) is 23.4 Å². The van der Waals surface area contributed by atoms with Crippen LogP contribution in [0.25, 0.3) is 0 Å². The maximum Gasteiger partial charge on any atom is 0.471 e. The number of benzene rings is 1. The van der Waals surface area contributed by atoms with E-state index in [9.17, 15) is 22.8 Å². The van der Waals surface area contributed by atoms with Gasteiger partial charge in [-0.3, -0.25) is 4.79 Å². The average Bonchev–Trinajstić information content (AvgIpc) is 2.66. The zero-order valence-corrected chi connectivity index (χ0v) is 16.1. The molecule has 10 heteroatoms. The van der Waals surface area contributed by atoms with E-state index in [2.05, 4.69) is 10.1 Å². The minimum Gasteiger partial charge on any atom is -0.453 e. The molecule has 0 radical (unpaired) electrons. The number of piperidine rings is 1. The Labute approximate surface area is 165 Å². The third-order valence-electron chi connectivity index (χ3n) is 4.45. The number of alkyl halides is 3. The first kappa shape index (κ1) is 22.3. The number of carbonyl (C=O) groups is 2. The molecule has 6 nitrogen and oxygen atoms in total. The van der Waals surface area contributed by atoms with Gasteiger partial charge >= 0.3 is 18.2 Å². The number of methoxy groups -OCH3 is 1. The normalized spacial score (nSPS) is 18.5. The molecule has 1 aliphatic rings. The predicted octanol–water partition coefficient (Wildman–Crippen LogP) is 3.55. The fraction of sp³-hybridized carbons (Fsp3) is 0.556. The van der Waals surface area contributed by atoms with Crippen molar-refractivity contribution in [2.45, 2.75) is 25.1 Å². The molecule has 2 rings (SSSR count). The van der Waals surface area contributed by atoms with E-state index in [1.807, 2.05) is 0 Å². The monoisotopic (exact) mass is 422 g/mol. The Balaban J connectivity index is 2.11. The van der Waals surface area contributed by atoms with Crippen LogP contribution in [0.2, 0.25) is 5.02 Å². The van der Waals surface area contributed by atoms with Gasteiger partial charge in [0.1, 0.15) is 0 Å². The highest BCUT2D eigenvalue weighted by Gasteiger charge is 2.44. The molecule has 1 fully saturated rings. The van der Waals surface area contributed by atoms with Gasteiger partial charge in [-0.2, -0.15) is 13.2 Å². The van der Waals surface area contributed by atoms with E-state index in [0.717, 1.165) is 4.90 Å². The van der Waals surface area contributed by atoms with Crippen LogP contribution >= 0.6 is 11.6 Å². The topological polar surface area (TPSA) is 67.9 Å². The number of carbonyl (C=O) groups excluding carboxylic acids is 2. The summed E-state index contributed by atoms with van der Waals surface area (Å²) in [7, 11) is 1.24. The standard InChI is InChI=1S/C18H22ClF3N2O4/c1-27-17(26)23-7-9-28-15(12-4-2-6-14(19)10-12)13-5-3-8-24(11-13)16(25)18(20,21)22/h2,4,6,10,13,15H,3,5,7-9,11H2,1H3,(H,23,26)/t13-,15+/m1/s1. The van der Waals surface area contributed by atoms with Gasteiger partial charge in [-0.15, -0.1) is 0 Å². The van der Waals surface area contributed by atoms with Crippen molar-refractivity contribution in [3.8, 4) is 0 Å². The number of nitrogens with one attached hydrogen (secondary N) is 1. The molecule has 28 heavy (non-hydrogen) atoms. The van der Waals surface area contributed by atoms with Crippen molar-refractivity contribution in [1.82, 2.24) is 10.2 Å². The molecule has 1 N–H and O–H groups in total. The molecule has 2 atom stereocenters. The van der Waals surface area contributed by atoms with Gasteiger partial charge in [-0.25, -0.2) is 4.79 Å². The number of likely N-dealkylation sites (tertiary alicyclic amines) is 1. The van der Waals surface area contributed by atoms with Crippen LogP contribution in [-0.4, -0.2) is 56.4 Å². The van der Waals surface area contributed by atoms with Crippen molar-refractivity contribution < 1.29 is 32.2 Å². The SMILES string of the molecule is COC(=O)NCCO[C@@H](c1cccc(Cl)c1)[C@@H]1CCCN(C(=O)C(F)(F)F)C1. The Hall–Kier alpha value is -2.00. The van der Waals surface area contributed by atoms with Crippen molar-refractivity contribution in [2.24, 2.45) is 5.92 Å². The molecule has 1 saturated heterocycles. The second-order valence-corrected chi connectivity index (χ2v) is 6.85. The molecule has 0 bridgehead atoms. The van der Waals surface area contributed by atoms with E-state index >= 15 is 0 Å². The summed E-state index contributed by atoms with van der Waals surface area (Å²) in [5.41, 5.74) is 0.705. The highest BCUT2D eigenvalue weighted by Crippen LogP contribution is 2.35. The molecule has 0 aromatic heterocycles. The highest BCUT2D eigenvalue weighted by molar-refractivity contribution is 6.30. The second-order valence-electron chi connectivity index (χ2n) is 6.42. The van der Waals surface area contributed by atoms with Gasteiger partial charge < -0.3 is 19.7 Å². The Morgan fingerprint density at radius 1 is 1.39 bits per heavy atom. The second kappa shape index (κ2) is 9.97. The molecule has 1 aromatic carbocycles. The highest BCUT2D eigenvalue weighted by atomic mass is 35.5. The van der Waals surface area contributed by atoms with Crippen molar-refractivity contribution in [3.05, 3.63) is 34.9 Å². The number of hydrogen-bond donors (Lipinski definition) is 1. The summed E-state index contributed by atoms with van der Waals surface area (Å²) < 4.78 is 48.8. The first-order chi connectivity index (χ1) is 13.2. The fourth-order valence-corrected chi connectivity index (χ4v) is 3.42. The fourth-order valence-electron chi connectivity index (χ4n) is 3.22. The molecule has 0 spiro atoms. The number of alkyl carbamates (subject to hydrolysis) is 1. The summed E-state index contributed by atoms with van der Waals surface area (Å²) in [5, 5.41) is 2.95. The zero-order valence-electron chi connectivity index (χ0n) is 15.3. The maximum absolute atomic E-state index is 12.8. The summed E-state index contributed by atoms with van der Waals surface area (Å²) >= 11 is 6.05. The zero-order chi connectivity index (χ0) is 20.7. The molecule has 1 heterocycles. The number of nitrogens with zero attached hydrogens (tertiary/aromatic N) is 1. The van der Waals surface area contributed by atoms with E-state index < -0.39 is 24.3 Å². The van der Waals surface area contributed by atoms with E-state index in [1.54, 1.807) is 24.3 Å². The Morgan fingerprint density at radius 3 is 2.79 bits per heavy atom. The van der Waals surface area contributed by atoms with Gasteiger partial charge in [0.2, 0.25) is 0 Å². The van der Waals surface area contributed by atoms with Crippen LogP contribution in [0, 0.1) is 5.92 Å². The van der Waals surface area contributed by atoms with Gasteiger partial charge in [-0.1, -0.05) is 23.7 Å². The molecule has 1 aliphatic heterocycles. The minimum absolute atomic E-state index is 0.0566. The number of hydrogen-bond acceptors (Lipinski definition) is 4. The van der Waals surface area contributed by atoms with Crippen LogP contribution in [-0.2, 0) is 14.3 Å². The van der Waals surface area contributed by atoms with Crippen molar-refractivity contribution >= 4 is 23.6 Å². The molecule has 156 valence electrons. The third-order valence-corrected chi connectivity index (χ3v) is 4.68. The third kappa shape index (κ3) is 6.27. The van der Waals surface area contributed by atoms with Gasteiger partial charge in [0, 0.05) is 30.6 Å². The summed E-state index contributed by atoms with van der Waals surface area (Å²) in [6.07, 6.45) is -5.04. The lowest BCUT2D eigenvalue weighted by atomic mass is 9.88. The minimum atomic E-state index is -4.90. The first-order valence-electron chi connectivity index (χ1n) is 8.77. The molecule has 0 aliphatic carbocycles. The van der Waals surface area contributed by atoms with E-state index in [1.165, 1.54) is 7.11 Å². The van der Waals surface area contributed by atoms with Crippen LogP contribution in [0.3, 0.4) is 0 Å². The Bertz CT molecular complexity index is 687. The predicted molar refractivity (Wildman–Crippen MR) is 95.9 cm³/mol. The van der Waals surface area contributed by atoms with Crippen molar-refractivity contribution in [2.75, 3.05) is 33.4 Å². The van der Waals surface area contributed by atoms with Crippen LogP contribution in [0.15, 0.2) is 24.3 Å².